The fourth-order valence-corrected chi connectivity index (χ4v) is 3.84. The summed E-state index contributed by atoms with van der Waals surface area (Å²) in [5.41, 5.74) is 7.17. The van der Waals surface area contributed by atoms with Crippen LogP contribution < -0.4 is 5.73 Å². The van der Waals surface area contributed by atoms with E-state index >= 15 is 0 Å². The highest BCUT2D eigenvalue weighted by Gasteiger charge is 2.37. The van der Waals surface area contributed by atoms with Crippen molar-refractivity contribution in [2.45, 2.75) is 31.6 Å². The second-order valence-electron chi connectivity index (χ2n) is 6.21. The minimum Gasteiger partial charge on any atom is -0.342 e. The summed E-state index contributed by atoms with van der Waals surface area (Å²) >= 11 is 0. The number of rotatable bonds is 3. The summed E-state index contributed by atoms with van der Waals surface area (Å²) in [5.74, 6) is 1.47. The Morgan fingerprint density at radius 2 is 2.00 bits per heavy atom. The van der Waals surface area contributed by atoms with E-state index in [-0.39, 0.29) is 5.92 Å². The Hall–Kier alpha value is -1.35. The summed E-state index contributed by atoms with van der Waals surface area (Å²) in [5, 5.41) is 0. The molecule has 0 aromatic heterocycles. The van der Waals surface area contributed by atoms with Gasteiger partial charge in [-0.2, -0.15) is 0 Å². The molecule has 1 aliphatic carbocycles. The van der Waals surface area contributed by atoms with Gasteiger partial charge in [-0.05, 0) is 37.3 Å². The third-order valence-corrected chi connectivity index (χ3v) is 5.05. The fraction of sp³-hybridized carbons (Fsp3) is 0.588. The lowest BCUT2D eigenvalue weighted by Crippen LogP contribution is -2.37. The average Bonchev–Trinajstić information content (AvgIpc) is 3.16. The van der Waals surface area contributed by atoms with Crippen molar-refractivity contribution in [1.82, 2.24) is 4.90 Å². The highest BCUT2D eigenvalue weighted by molar-refractivity contribution is 5.80. The Morgan fingerprint density at radius 3 is 2.75 bits per heavy atom. The molecule has 3 nitrogen and oxygen atoms in total. The van der Waals surface area contributed by atoms with Crippen LogP contribution in [0.4, 0.5) is 0 Å². The first kappa shape index (κ1) is 13.6. The van der Waals surface area contributed by atoms with Gasteiger partial charge in [-0.15, -0.1) is 0 Å². The zero-order chi connectivity index (χ0) is 13.9. The number of nitrogens with zero attached hydrogens (tertiary/aromatic N) is 1. The number of nitrogens with two attached hydrogens (primary N) is 1. The lowest BCUT2D eigenvalue weighted by Gasteiger charge is -2.24. The Bertz CT molecular complexity index is 459. The zero-order valence-corrected chi connectivity index (χ0v) is 12.0. The summed E-state index contributed by atoms with van der Waals surface area (Å²) in [7, 11) is 0. The lowest BCUT2D eigenvalue weighted by atomic mass is 9.94. The zero-order valence-electron chi connectivity index (χ0n) is 12.0. The van der Waals surface area contributed by atoms with Crippen LogP contribution in [0.25, 0.3) is 0 Å². The van der Waals surface area contributed by atoms with Gasteiger partial charge in [0.05, 0.1) is 0 Å². The van der Waals surface area contributed by atoms with Crippen molar-refractivity contribution in [1.29, 1.82) is 0 Å². The van der Waals surface area contributed by atoms with Crippen molar-refractivity contribution in [2.75, 3.05) is 19.6 Å². The van der Waals surface area contributed by atoms with Crippen molar-refractivity contribution in [3.63, 3.8) is 0 Å². The molecule has 108 valence electrons. The van der Waals surface area contributed by atoms with E-state index in [1.807, 2.05) is 6.07 Å². The van der Waals surface area contributed by atoms with Gasteiger partial charge in [-0.25, -0.2) is 0 Å². The molecule has 2 aliphatic rings. The number of carbonyl (C=O) groups is 1. The topological polar surface area (TPSA) is 46.3 Å². The second-order valence-corrected chi connectivity index (χ2v) is 6.21. The molecule has 0 radical (unpaired) electrons. The van der Waals surface area contributed by atoms with Crippen molar-refractivity contribution in [3.8, 4) is 0 Å². The fourth-order valence-electron chi connectivity index (χ4n) is 3.84. The molecule has 3 rings (SSSR count). The molecule has 0 bridgehead atoms. The molecule has 1 saturated heterocycles. The molecule has 1 saturated carbocycles. The molecule has 20 heavy (non-hydrogen) atoms. The van der Waals surface area contributed by atoms with Gasteiger partial charge in [-0.3, -0.25) is 4.79 Å². The van der Waals surface area contributed by atoms with Crippen molar-refractivity contribution >= 4 is 5.91 Å². The second kappa shape index (κ2) is 5.96. The molecular weight excluding hydrogens is 248 g/mol. The molecule has 1 aromatic rings. The number of hydrogen-bond acceptors (Lipinski definition) is 2. The molecule has 3 unspecified atom stereocenters. The maximum atomic E-state index is 12.7. The largest absolute Gasteiger partial charge is 0.342 e. The first-order valence-corrected chi connectivity index (χ1v) is 7.83. The minimum atomic E-state index is 0.189. The van der Waals surface area contributed by atoms with Crippen molar-refractivity contribution in [3.05, 3.63) is 35.9 Å². The van der Waals surface area contributed by atoms with E-state index in [1.54, 1.807) is 0 Å². The van der Waals surface area contributed by atoms with Crippen LogP contribution in [0.15, 0.2) is 30.3 Å². The summed E-state index contributed by atoms with van der Waals surface area (Å²) in [6.07, 6.45) is 4.42. The van der Waals surface area contributed by atoms with E-state index in [2.05, 4.69) is 29.2 Å². The Kier molecular flexibility index (Phi) is 4.06. The van der Waals surface area contributed by atoms with Gasteiger partial charge in [0.2, 0.25) is 5.91 Å². The van der Waals surface area contributed by atoms with Gasteiger partial charge in [0.25, 0.3) is 0 Å². The summed E-state index contributed by atoms with van der Waals surface area (Å²) in [6.45, 7) is 2.45. The highest BCUT2D eigenvalue weighted by Crippen LogP contribution is 2.35. The van der Waals surface area contributed by atoms with E-state index in [0.717, 1.165) is 38.8 Å². The normalized spacial score (nSPS) is 29.9. The van der Waals surface area contributed by atoms with Crippen LogP contribution in [0.3, 0.4) is 0 Å². The molecule has 1 heterocycles. The lowest BCUT2D eigenvalue weighted by molar-refractivity contribution is -0.135. The number of carbonyl (C=O) groups excluding carboxylic acids is 1. The summed E-state index contributed by atoms with van der Waals surface area (Å²) < 4.78 is 0. The average molecular weight is 272 g/mol. The van der Waals surface area contributed by atoms with Crippen LogP contribution in [0.1, 0.15) is 37.2 Å². The van der Waals surface area contributed by atoms with Gasteiger partial charge >= 0.3 is 0 Å². The molecule has 3 atom stereocenters. The molecule has 2 fully saturated rings. The van der Waals surface area contributed by atoms with Gasteiger partial charge in [0, 0.05) is 24.9 Å². The number of likely N-dealkylation sites (tertiary alicyclic amines) is 1. The predicted molar refractivity (Wildman–Crippen MR) is 80.3 cm³/mol. The third-order valence-electron chi connectivity index (χ3n) is 5.05. The van der Waals surface area contributed by atoms with Gasteiger partial charge in [-0.1, -0.05) is 36.8 Å². The van der Waals surface area contributed by atoms with E-state index < -0.39 is 0 Å². The predicted octanol–water partition coefficient (Wildman–Crippen LogP) is 2.38. The van der Waals surface area contributed by atoms with Gasteiger partial charge in [0.1, 0.15) is 0 Å². The Balaban J connectivity index is 1.64. The Morgan fingerprint density at radius 1 is 1.20 bits per heavy atom. The van der Waals surface area contributed by atoms with Gasteiger partial charge < -0.3 is 10.6 Å². The molecule has 1 aliphatic heterocycles. The van der Waals surface area contributed by atoms with Crippen molar-refractivity contribution < 1.29 is 4.79 Å². The first-order chi connectivity index (χ1) is 9.79. The highest BCUT2D eigenvalue weighted by atomic mass is 16.2. The molecule has 3 heteroatoms. The van der Waals surface area contributed by atoms with Crippen LogP contribution >= 0.6 is 0 Å². The van der Waals surface area contributed by atoms with E-state index in [1.165, 1.54) is 5.56 Å². The summed E-state index contributed by atoms with van der Waals surface area (Å²) in [6, 6.07) is 10.6. The Labute approximate surface area is 121 Å². The van der Waals surface area contributed by atoms with Crippen LogP contribution in [-0.4, -0.2) is 30.4 Å². The van der Waals surface area contributed by atoms with E-state index in [4.69, 9.17) is 5.73 Å². The molecule has 2 N–H and O–H groups in total. The smallest absolute Gasteiger partial charge is 0.226 e. The monoisotopic (exact) mass is 272 g/mol. The number of amides is 1. The first-order valence-electron chi connectivity index (χ1n) is 7.83. The third kappa shape index (κ3) is 2.59. The van der Waals surface area contributed by atoms with Crippen molar-refractivity contribution in [2.24, 2.45) is 17.6 Å². The SMILES string of the molecule is NCC1CCCC1C(=O)N1CCC(c2ccccc2)C1. The standard InChI is InChI=1S/C17H24N2O/c18-11-14-7-4-8-16(14)17(20)19-10-9-15(12-19)13-5-2-1-3-6-13/h1-3,5-6,14-16H,4,7-12,18H2. The van der Waals surface area contributed by atoms with Crippen LogP contribution in [0.5, 0.6) is 0 Å². The molecular formula is C17H24N2O. The molecule has 1 amide bonds. The number of hydrogen-bond donors (Lipinski definition) is 1. The number of benzene rings is 1. The molecule has 0 spiro atoms. The summed E-state index contributed by atoms with van der Waals surface area (Å²) in [4.78, 5) is 14.7. The van der Waals surface area contributed by atoms with E-state index in [9.17, 15) is 4.79 Å². The van der Waals surface area contributed by atoms with E-state index in [0.29, 0.717) is 24.3 Å². The maximum absolute atomic E-state index is 12.7. The quantitative estimate of drug-likeness (QED) is 0.918. The van der Waals surface area contributed by atoms with Crippen LogP contribution in [0, 0.1) is 11.8 Å². The molecule has 1 aromatic carbocycles. The van der Waals surface area contributed by atoms with Crippen LogP contribution in [-0.2, 0) is 4.79 Å². The maximum Gasteiger partial charge on any atom is 0.226 e. The van der Waals surface area contributed by atoms with Crippen LogP contribution in [0.2, 0.25) is 0 Å². The van der Waals surface area contributed by atoms with Gasteiger partial charge in [0.15, 0.2) is 0 Å². The minimum absolute atomic E-state index is 0.189.